The lowest BCUT2D eigenvalue weighted by atomic mass is 10.0. The monoisotopic (exact) mass is 260 g/mol. The van der Waals surface area contributed by atoms with Crippen LogP contribution in [0, 0.1) is 0 Å². The molecule has 1 rings (SSSR count). The van der Waals surface area contributed by atoms with Gasteiger partial charge in [0.2, 0.25) is 0 Å². The molecule has 1 saturated heterocycles. The van der Waals surface area contributed by atoms with Gasteiger partial charge >= 0.3 is 0 Å². The molecule has 0 radical (unpaired) electrons. The highest BCUT2D eigenvalue weighted by Crippen LogP contribution is 2.09. The van der Waals surface area contributed by atoms with Crippen LogP contribution in [-0.4, -0.2) is 73.3 Å². The minimum absolute atomic E-state index is 0.360. The van der Waals surface area contributed by atoms with Crippen LogP contribution in [0.3, 0.4) is 0 Å². The summed E-state index contributed by atoms with van der Waals surface area (Å²) in [6, 6.07) is 0. The molecule has 0 bridgehead atoms. The van der Waals surface area contributed by atoms with E-state index in [9.17, 15) is 10.2 Å². The summed E-state index contributed by atoms with van der Waals surface area (Å²) in [7, 11) is 1.63. The molecule has 0 spiro atoms. The van der Waals surface area contributed by atoms with E-state index in [-0.39, 0.29) is 6.10 Å². The van der Waals surface area contributed by atoms with Crippen LogP contribution < -0.4 is 5.32 Å². The number of methoxy groups -OCH3 is 1. The largest absolute Gasteiger partial charge is 0.390 e. The molecule has 2 atom stereocenters. The molecule has 0 saturated carbocycles. The maximum absolute atomic E-state index is 10.0. The minimum Gasteiger partial charge on any atom is -0.390 e. The zero-order valence-electron chi connectivity index (χ0n) is 11.7. The number of rotatable bonds is 9. The van der Waals surface area contributed by atoms with Gasteiger partial charge in [-0.05, 0) is 32.9 Å². The van der Waals surface area contributed by atoms with Crippen LogP contribution in [0.2, 0.25) is 0 Å². The molecule has 0 aromatic heterocycles. The van der Waals surface area contributed by atoms with Gasteiger partial charge < -0.3 is 25.2 Å². The van der Waals surface area contributed by atoms with Crippen molar-refractivity contribution in [1.29, 1.82) is 0 Å². The van der Waals surface area contributed by atoms with E-state index in [1.807, 2.05) is 0 Å². The van der Waals surface area contributed by atoms with Gasteiger partial charge in [-0.1, -0.05) is 0 Å². The molecule has 0 amide bonds. The Hall–Kier alpha value is -0.200. The van der Waals surface area contributed by atoms with E-state index in [2.05, 4.69) is 10.2 Å². The van der Waals surface area contributed by atoms with Gasteiger partial charge in [-0.2, -0.15) is 0 Å². The van der Waals surface area contributed by atoms with Crippen molar-refractivity contribution >= 4 is 0 Å². The van der Waals surface area contributed by atoms with Gasteiger partial charge in [0.05, 0.1) is 11.7 Å². The third kappa shape index (κ3) is 6.66. The fourth-order valence-electron chi connectivity index (χ4n) is 2.25. The minimum atomic E-state index is -0.774. The SMILES string of the molecule is COCCC(C)(O)CNCC(O)CN1CCCC1. The quantitative estimate of drug-likeness (QED) is 0.537. The Labute approximate surface area is 110 Å². The summed E-state index contributed by atoms with van der Waals surface area (Å²) in [5.74, 6) is 0. The first-order valence-electron chi connectivity index (χ1n) is 6.86. The highest BCUT2D eigenvalue weighted by molar-refractivity contribution is 4.77. The first-order valence-corrected chi connectivity index (χ1v) is 6.86. The van der Waals surface area contributed by atoms with E-state index in [0.717, 1.165) is 19.6 Å². The molecule has 2 unspecified atom stereocenters. The van der Waals surface area contributed by atoms with Gasteiger partial charge in [0.15, 0.2) is 0 Å². The normalized spacial score (nSPS) is 22.0. The van der Waals surface area contributed by atoms with Crippen molar-refractivity contribution < 1.29 is 14.9 Å². The smallest absolute Gasteiger partial charge is 0.0791 e. The molecule has 0 aliphatic carbocycles. The van der Waals surface area contributed by atoms with Gasteiger partial charge in [-0.15, -0.1) is 0 Å². The van der Waals surface area contributed by atoms with Crippen molar-refractivity contribution in [3.63, 3.8) is 0 Å². The number of nitrogens with one attached hydrogen (secondary N) is 1. The molecule has 0 aromatic rings. The van der Waals surface area contributed by atoms with Crippen molar-refractivity contribution in [2.24, 2.45) is 0 Å². The molecular weight excluding hydrogens is 232 g/mol. The number of hydrogen-bond acceptors (Lipinski definition) is 5. The molecule has 1 aliphatic rings. The predicted octanol–water partition coefficient (Wildman–Crippen LogP) is -0.180. The topological polar surface area (TPSA) is 65.0 Å². The zero-order valence-corrected chi connectivity index (χ0v) is 11.7. The average molecular weight is 260 g/mol. The first-order chi connectivity index (χ1) is 8.53. The summed E-state index contributed by atoms with van der Waals surface area (Å²) in [6.07, 6.45) is 2.72. The van der Waals surface area contributed by atoms with Gasteiger partial charge in [0, 0.05) is 39.8 Å². The highest BCUT2D eigenvalue weighted by atomic mass is 16.5. The highest BCUT2D eigenvalue weighted by Gasteiger charge is 2.20. The Balaban J connectivity index is 2.08. The van der Waals surface area contributed by atoms with Crippen LogP contribution in [0.5, 0.6) is 0 Å². The maximum Gasteiger partial charge on any atom is 0.0791 e. The molecule has 1 aliphatic heterocycles. The Morgan fingerprint density at radius 3 is 2.67 bits per heavy atom. The Kier molecular flexibility index (Phi) is 7.11. The number of aliphatic hydroxyl groups is 2. The number of nitrogens with zero attached hydrogens (tertiary/aromatic N) is 1. The van der Waals surface area contributed by atoms with Crippen LogP contribution in [-0.2, 0) is 4.74 Å². The Morgan fingerprint density at radius 1 is 1.39 bits per heavy atom. The van der Waals surface area contributed by atoms with Crippen LogP contribution in [0.1, 0.15) is 26.2 Å². The van der Waals surface area contributed by atoms with E-state index in [4.69, 9.17) is 4.74 Å². The second-order valence-electron chi connectivity index (χ2n) is 5.53. The summed E-state index contributed by atoms with van der Waals surface area (Å²) in [5, 5.41) is 23.0. The molecule has 18 heavy (non-hydrogen) atoms. The van der Waals surface area contributed by atoms with Crippen molar-refractivity contribution in [2.75, 3.05) is 46.4 Å². The number of β-amino-alcohol motifs (C(OH)–C–C–N with tert-alkyl or cyclic N) is 1. The number of hydrogen-bond donors (Lipinski definition) is 3. The summed E-state index contributed by atoms with van der Waals surface area (Å²) >= 11 is 0. The molecule has 5 nitrogen and oxygen atoms in total. The van der Waals surface area contributed by atoms with Gasteiger partial charge in [-0.25, -0.2) is 0 Å². The predicted molar refractivity (Wildman–Crippen MR) is 71.7 cm³/mol. The van der Waals surface area contributed by atoms with Crippen molar-refractivity contribution in [1.82, 2.24) is 10.2 Å². The maximum atomic E-state index is 10.0. The first kappa shape index (κ1) is 15.9. The third-order valence-corrected chi connectivity index (χ3v) is 3.40. The van der Waals surface area contributed by atoms with E-state index in [1.54, 1.807) is 14.0 Å². The van der Waals surface area contributed by atoms with Crippen LogP contribution in [0.25, 0.3) is 0 Å². The second kappa shape index (κ2) is 8.07. The second-order valence-corrected chi connectivity index (χ2v) is 5.53. The van der Waals surface area contributed by atoms with E-state index in [0.29, 0.717) is 26.1 Å². The average Bonchev–Trinajstić information content (AvgIpc) is 2.79. The van der Waals surface area contributed by atoms with Gasteiger partial charge in [0.25, 0.3) is 0 Å². The summed E-state index contributed by atoms with van der Waals surface area (Å²) in [5.41, 5.74) is -0.774. The summed E-state index contributed by atoms with van der Waals surface area (Å²) < 4.78 is 4.95. The third-order valence-electron chi connectivity index (χ3n) is 3.40. The van der Waals surface area contributed by atoms with Gasteiger partial charge in [0.1, 0.15) is 0 Å². The molecule has 1 fully saturated rings. The van der Waals surface area contributed by atoms with Crippen LogP contribution >= 0.6 is 0 Å². The standard InChI is InChI=1S/C13H28N2O3/c1-13(17,5-8-18-2)11-14-9-12(16)10-15-6-3-4-7-15/h12,14,16-17H,3-11H2,1-2H3. The van der Waals surface area contributed by atoms with Crippen molar-refractivity contribution in [3.05, 3.63) is 0 Å². The van der Waals surface area contributed by atoms with Crippen LogP contribution in [0.15, 0.2) is 0 Å². The van der Waals surface area contributed by atoms with Gasteiger partial charge in [-0.3, -0.25) is 0 Å². The molecule has 0 aromatic carbocycles. The molecule has 3 N–H and O–H groups in total. The lowest BCUT2D eigenvalue weighted by Crippen LogP contribution is -2.43. The van der Waals surface area contributed by atoms with Crippen LogP contribution in [0.4, 0.5) is 0 Å². The lowest BCUT2D eigenvalue weighted by Gasteiger charge is -2.25. The molecule has 1 heterocycles. The van der Waals surface area contributed by atoms with E-state index >= 15 is 0 Å². The van der Waals surface area contributed by atoms with E-state index in [1.165, 1.54) is 12.8 Å². The Morgan fingerprint density at radius 2 is 2.06 bits per heavy atom. The fourth-order valence-corrected chi connectivity index (χ4v) is 2.25. The summed E-state index contributed by atoms with van der Waals surface area (Å²) in [4.78, 5) is 2.29. The zero-order chi connectivity index (χ0) is 13.4. The fraction of sp³-hybridized carbons (Fsp3) is 1.00. The Bertz CT molecular complexity index is 218. The molecule has 5 heteroatoms. The number of aliphatic hydroxyl groups excluding tert-OH is 1. The van der Waals surface area contributed by atoms with Crippen molar-refractivity contribution in [3.8, 4) is 0 Å². The molecule has 108 valence electrons. The van der Waals surface area contributed by atoms with Crippen molar-refractivity contribution in [2.45, 2.75) is 37.9 Å². The number of ether oxygens (including phenoxy) is 1. The summed E-state index contributed by atoms with van der Waals surface area (Å²) in [6.45, 7) is 6.27. The number of likely N-dealkylation sites (tertiary alicyclic amines) is 1. The lowest BCUT2D eigenvalue weighted by molar-refractivity contribution is 0.0215. The van der Waals surface area contributed by atoms with E-state index < -0.39 is 5.60 Å². The molecular formula is C13H28N2O3.